The molecular formula is C15H28O3. The molecule has 0 fully saturated rings. The molecule has 0 spiro atoms. The third-order valence-corrected chi connectivity index (χ3v) is 2.45. The number of aldehydes is 1. The van der Waals surface area contributed by atoms with Crippen molar-refractivity contribution in [1.82, 2.24) is 0 Å². The van der Waals surface area contributed by atoms with E-state index in [4.69, 9.17) is 0 Å². The minimum atomic E-state index is -0.186. The van der Waals surface area contributed by atoms with Crippen molar-refractivity contribution in [2.75, 3.05) is 7.11 Å². The van der Waals surface area contributed by atoms with Gasteiger partial charge in [0, 0.05) is 12.0 Å². The number of unbranched alkanes of at least 4 members (excludes halogenated alkanes) is 4. The zero-order valence-electron chi connectivity index (χ0n) is 12.3. The van der Waals surface area contributed by atoms with Gasteiger partial charge in [-0.15, -0.1) is 0 Å². The van der Waals surface area contributed by atoms with Crippen molar-refractivity contribution in [2.24, 2.45) is 0 Å². The molecule has 0 saturated heterocycles. The van der Waals surface area contributed by atoms with Crippen LogP contribution in [0.15, 0.2) is 11.6 Å². The fraction of sp³-hybridized carbons (Fsp3) is 0.733. The van der Waals surface area contributed by atoms with E-state index in [0.717, 1.165) is 56.8 Å². The first-order chi connectivity index (χ1) is 8.67. The van der Waals surface area contributed by atoms with E-state index in [0.29, 0.717) is 0 Å². The summed E-state index contributed by atoms with van der Waals surface area (Å²) in [5.74, 6) is -0.186. The van der Waals surface area contributed by atoms with Crippen LogP contribution in [0.25, 0.3) is 0 Å². The summed E-state index contributed by atoms with van der Waals surface area (Å²) in [6.07, 6.45) is 9.89. The molecule has 0 amide bonds. The van der Waals surface area contributed by atoms with Crippen LogP contribution < -0.4 is 0 Å². The molecule has 0 N–H and O–H groups in total. The van der Waals surface area contributed by atoms with Gasteiger partial charge in [-0.1, -0.05) is 46.1 Å². The monoisotopic (exact) mass is 256 g/mol. The quantitative estimate of drug-likeness (QED) is 0.285. The third kappa shape index (κ3) is 12.9. The van der Waals surface area contributed by atoms with Crippen LogP contribution in [0.1, 0.15) is 65.7 Å². The Morgan fingerprint density at radius 2 is 1.61 bits per heavy atom. The molecule has 3 heteroatoms. The number of hydrogen-bond donors (Lipinski definition) is 0. The Hall–Kier alpha value is -1.12. The lowest BCUT2D eigenvalue weighted by Gasteiger charge is -2.01. The highest BCUT2D eigenvalue weighted by Gasteiger charge is 2.04. The van der Waals surface area contributed by atoms with Crippen LogP contribution in [0.4, 0.5) is 0 Å². The molecule has 3 nitrogen and oxygen atoms in total. The predicted molar refractivity (Wildman–Crippen MR) is 75.5 cm³/mol. The third-order valence-electron chi connectivity index (χ3n) is 2.45. The van der Waals surface area contributed by atoms with E-state index in [1.165, 1.54) is 7.11 Å². The van der Waals surface area contributed by atoms with Crippen molar-refractivity contribution in [1.29, 1.82) is 0 Å². The number of ether oxygens (including phenoxy) is 1. The van der Waals surface area contributed by atoms with Gasteiger partial charge in [0.15, 0.2) is 0 Å². The molecule has 0 bridgehead atoms. The number of rotatable bonds is 8. The largest absolute Gasteiger partial charge is 0.466 e. The van der Waals surface area contributed by atoms with Crippen molar-refractivity contribution >= 4 is 12.3 Å². The first kappa shape index (κ1) is 19.2. The second kappa shape index (κ2) is 15.9. The molecule has 0 aromatic carbocycles. The van der Waals surface area contributed by atoms with Gasteiger partial charge >= 0.3 is 5.97 Å². The van der Waals surface area contributed by atoms with Crippen LogP contribution in [0.2, 0.25) is 0 Å². The summed E-state index contributed by atoms with van der Waals surface area (Å²) < 4.78 is 4.63. The lowest BCUT2D eigenvalue weighted by molar-refractivity contribution is -0.136. The van der Waals surface area contributed by atoms with Gasteiger partial charge in [-0.05, 0) is 19.3 Å². The van der Waals surface area contributed by atoms with Crippen molar-refractivity contribution < 1.29 is 14.3 Å². The Balaban J connectivity index is 0. The smallest absolute Gasteiger partial charge is 0.333 e. The average Bonchev–Trinajstić information content (AvgIpc) is 2.41. The molecule has 106 valence electrons. The van der Waals surface area contributed by atoms with E-state index in [9.17, 15) is 9.59 Å². The summed E-state index contributed by atoms with van der Waals surface area (Å²) in [5, 5.41) is 0. The van der Waals surface area contributed by atoms with Crippen molar-refractivity contribution in [3.63, 3.8) is 0 Å². The first-order valence-electron chi connectivity index (χ1n) is 6.88. The van der Waals surface area contributed by atoms with Gasteiger partial charge in [0.1, 0.15) is 6.29 Å². The molecule has 0 aromatic rings. The van der Waals surface area contributed by atoms with Gasteiger partial charge in [-0.2, -0.15) is 0 Å². The highest BCUT2D eigenvalue weighted by atomic mass is 16.5. The summed E-state index contributed by atoms with van der Waals surface area (Å²) in [7, 11) is 1.42. The van der Waals surface area contributed by atoms with Crippen molar-refractivity contribution in [3.05, 3.63) is 11.6 Å². The maximum absolute atomic E-state index is 11.0. The molecule has 0 aliphatic heterocycles. The summed E-state index contributed by atoms with van der Waals surface area (Å²) in [6, 6.07) is 0. The average molecular weight is 256 g/mol. The van der Waals surface area contributed by atoms with E-state index in [1.54, 1.807) is 0 Å². The zero-order valence-corrected chi connectivity index (χ0v) is 12.3. The Kier molecular flexibility index (Phi) is 17.0. The van der Waals surface area contributed by atoms with Gasteiger partial charge in [-0.3, -0.25) is 0 Å². The lowest BCUT2D eigenvalue weighted by atomic mass is 10.1. The zero-order chi connectivity index (χ0) is 14.2. The van der Waals surface area contributed by atoms with Crippen molar-refractivity contribution in [2.45, 2.75) is 65.7 Å². The highest BCUT2D eigenvalue weighted by molar-refractivity contribution is 5.88. The molecule has 18 heavy (non-hydrogen) atoms. The van der Waals surface area contributed by atoms with E-state index >= 15 is 0 Å². The standard InChI is InChI=1S/C10H18O2.C5H10O/c1-4-6-7-8-9(5-2)10(11)12-3;1-2-3-4-5-6/h8H,4-7H2,1-3H3;5H,2-4H2,1H3. The van der Waals surface area contributed by atoms with Gasteiger partial charge < -0.3 is 9.53 Å². The van der Waals surface area contributed by atoms with Gasteiger partial charge in [0.25, 0.3) is 0 Å². The molecule has 0 heterocycles. The highest BCUT2D eigenvalue weighted by Crippen LogP contribution is 2.06. The minimum Gasteiger partial charge on any atom is -0.466 e. The first-order valence-corrected chi connectivity index (χ1v) is 6.88. The number of carbonyl (C=O) groups is 2. The van der Waals surface area contributed by atoms with Crippen LogP contribution >= 0.6 is 0 Å². The molecule has 0 aliphatic carbocycles. The van der Waals surface area contributed by atoms with Gasteiger partial charge in [-0.25, -0.2) is 4.79 Å². The topological polar surface area (TPSA) is 43.4 Å². The minimum absolute atomic E-state index is 0.186. The van der Waals surface area contributed by atoms with Gasteiger partial charge in [0.05, 0.1) is 7.11 Å². The summed E-state index contributed by atoms with van der Waals surface area (Å²) in [6.45, 7) is 6.18. The normalized spacial score (nSPS) is 10.3. The Labute approximate surface area is 112 Å². The Bertz CT molecular complexity index is 232. The molecule has 0 aliphatic rings. The molecule has 0 radical (unpaired) electrons. The van der Waals surface area contributed by atoms with Gasteiger partial charge in [0.2, 0.25) is 0 Å². The number of hydrogen-bond acceptors (Lipinski definition) is 3. The Morgan fingerprint density at radius 3 is 1.94 bits per heavy atom. The SMILES string of the molecule is CCCCC=C(CC)C(=O)OC.CCCCC=O. The Morgan fingerprint density at radius 1 is 1.06 bits per heavy atom. The maximum atomic E-state index is 11.0. The summed E-state index contributed by atoms with van der Waals surface area (Å²) in [5.41, 5.74) is 0.797. The van der Waals surface area contributed by atoms with Crippen LogP contribution in [-0.2, 0) is 14.3 Å². The second-order valence-electron chi connectivity index (χ2n) is 4.03. The van der Waals surface area contributed by atoms with E-state index in [1.807, 2.05) is 13.0 Å². The predicted octanol–water partition coefficient (Wildman–Crippen LogP) is 4.06. The second-order valence-corrected chi connectivity index (χ2v) is 4.03. The number of carbonyl (C=O) groups excluding carboxylic acids is 2. The molecule has 0 atom stereocenters. The van der Waals surface area contributed by atoms with E-state index < -0.39 is 0 Å². The molecule has 0 saturated carbocycles. The summed E-state index contributed by atoms with van der Waals surface area (Å²) in [4.78, 5) is 20.6. The number of methoxy groups -OCH3 is 1. The number of esters is 1. The van der Waals surface area contributed by atoms with Crippen LogP contribution in [0.5, 0.6) is 0 Å². The van der Waals surface area contributed by atoms with Crippen LogP contribution in [0, 0.1) is 0 Å². The maximum Gasteiger partial charge on any atom is 0.333 e. The number of allylic oxidation sites excluding steroid dienone is 1. The fourth-order valence-electron chi connectivity index (χ4n) is 1.27. The lowest BCUT2D eigenvalue weighted by Crippen LogP contribution is -2.03. The van der Waals surface area contributed by atoms with E-state index in [2.05, 4.69) is 18.6 Å². The van der Waals surface area contributed by atoms with Crippen LogP contribution in [0.3, 0.4) is 0 Å². The molecule has 0 aromatic heterocycles. The molecule has 0 rings (SSSR count). The molecule has 0 unspecified atom stereocenters. The summed E-state index contributed by atoms with van der Waals surface area (Å²) >= 11 is 0. The van der Waals surface area contributed by atoms with Crippen molar-refractivity contribution in [3.8, 4) is 0 Å². The van der Waals surface area contributed by atoms with Crippen LogP contribution in [-0.4, -0.2) is 19.4 Å². The molecular weight excluding hydrogens is 228 g/mol. The fourth-order valence-corrected chi connectivity index (χ4v) is 1.27. The van der Waals surface area contributed by atoms with E-state index in [-0.39, 0.29) is 5.97 Å².